The van der Waals surface area contributed by atoms with Gasteiger partial charge in [0.2, 0.25) is 5.91 Å². The lowest BCUT2D eigenvalue weighted by Gasteiger charge is -2.15. The van der Waals surface area contributed by atoms with Crippen molar-refractivity contribution in [1.29, 1.82) is 0 Å². The molecular weight excluding hydrogens is 370 g/mol. The third-order valence-corrected chi connectivity index (χ3v) is 5.98. The summed E-state index contributed by atoms with van der Waals surface area (Å²) in [7, 11) is 0. The minimum atomic E-state index is -0.262. The van der Waals surface area contributed by atoms with E-state index in [4.69, 9.17) is 4.74 Å². The van der Waals surface area contributed by atoms with Crippen LogP contribution in [-0.4, -0.2) is 40.6 Å². The van der Waals surface area contributed by atoms with Crippen LogP contribution in [0.3, 0.4) is 0 Å². The van der Waals surface area contributed by atoms with Gasteiger partial charge in [-0.25, -0.2) is 0 Å². The van der Waals surface area contributed by atoms with Gasteiger partial charge in [0.25, 0.3) is 0 Å². The van der Waals surface area contributed by atoms with Crippen molar-refractivity contribution < 1.29 is 9.53 Å². The molecule has 0 radical (unpaired) electrons. The molecule has 1 N–H and O–H groups in total. The van der Waals surface area contributed by atoms with E-state index in [1.807, 2.05) is 55.5 Å². The Morgan fingerprint density at radius 1 is 1.14 bits per heavy atom. The Morgan fingerprint density at radius 2 is 1.89 bits per heavy atom. The van der Waals surface area contributed by atoms with Crippen molar-refractivity contribution in [3.05, 3.63) is 54.6 Å². The van der Waals surface area contributed by atoms with Crippen molar-refractivity contribution in [2.45, 2.75) is 36.1 Å². The number of hydrogen-bond acceptors (Lipinski definition) is 5. The van der Waals surface area contributed by atoms with Crippen LogP contribution in [0.4, 0.5) is 0 Å². The first-order valence-electron chi connectivity index (χ1n) is 9.59. The first kappa shape index (κ1) is 18.9. The molecule has 0 bridgehead atoms. The fraction of sp³-hybridized carbons (Fsp3) is 0.318. The van der Waals surface area contributed by atoms with Crippen molar-refractivity contribution in [3.63, 3.8) is 0 Å². The second-order valence-electron chi connectivity index (χ2n) is 6.91. The maximum absolute atomic E-state index is 12.5. The van der Waals surface area contributed by atoms with E-state index in [0.29, 0.717) is 6.54 Å². The zero-order chi connectivity index (χ0) is 19.3. The summed E-state index contributed by atoms with van der Waals surface area (Å²) in [5.41, 5.74) is 1.89. The first-order valence-corrected chi connectivity index (χ1v) is 10.5. The minimum Gasteiger partial charge on any atom is -0.376 e. The number of thioether (sulfide) groups is 1. The Labute approximate surface area is 168 Å². The van der Waals surface area contributed by atoms with Gasteiger partial charge in [0.05, 0.1) is 11.4 Å². The van der Waals surface area contributed by atoms with Crippen molar-refractivity contribution in [2.24, 2.45) is 0 Å². The van der Waals surface area contributed by atoms with Gasteiger partial charge in [-0.2, -0.15) is 0 Å². The van der Waals surface area contributed by atoms with Crippen LogP contribution in [0.1, 0.15) is 19.8 Å². The lowest BCUT2D eigenvalue weighted by molar-refractivity contribution is -0.120. The Hall–Kier alpha value is -2.44. The topological polar surface area (TPSA) is 64.1 Å². The summed E-state index contributed by atoms with van der Waals surface area (Å²) in [5.74, 6) is -0.00137. The van der Waals surface area contributed by atoms with Gasteiger partial charge in [0.15, 0.2) is 0 Å². The molecule has 28 heavy (non-hydrogen) atoms. The molecule has 6 heteroatoms. The normalized spacial score (nSPS) is 17.5. The van der Waals surface area contributed by atoms with Gasteiger partial charge in [-0.15, -0.1) is 10.2 Å². The van der Waals surface area contributed by atoms with Crippen LogP contribution in [0.5, 0.6) is 0 Å². The number of aromatic nitrogens is 2. The lowest BCUT2D eigenvalue weighted by Crippen LogP contribution is -2.36. The summed E-state index contributed by atoms with van der Waals surface area (Å²) in [6.07, 6.45) is 2.23. The molecule has 4 rings (SSSR count). The molecule has 2 atom stereocenters. The fourth-order valence-electron chi connectivity index (χ4n) is 3.36. The molecule has 0 aliphatic carbocycles. The quantitative estimate of drug-likeness (QED) is 0.640. The van der Waals surface area contributed by atoms with Gasteiger partial charge in [0, 0.05) is 29.5 Å². The highest BCUT2D eigenvalue weighted by Gasteiger charge is 2.21. The lowest BCUT2D eigenvalue weighted by atomic mass is 10.1. The zero-order valence-electron chi connectivity index (χ0n) is 15.8. The number of carbonyl (C=O) groups is 1. The third kappa shape index (κ3) is 4.18. The molecule has 3 aromatic rings. The van der Waals surface area contributed by atoms with Crippen molar-refractivity contribution >= 4 is 28.4 Å². The summed E-state index contributed by atoms with van der Waals surface area (Å²) in [6, 6.07) is 18.1. The molecule has 0 spiro atoms. The van der Waals surface area contributed by atoms with E-state index in [2.05, 4.69) is 21.6 Å². The monoisotopic (exact) mass is 393 g/mol. The van der Waals surface area contributed by atoms with Crippen LogP contribution in [-0.2, 0) is 9.53 Å². The number of fused-ring (bicyclic) bond motifs is 1. The van der Waals surface area contributed by atoms with E-state index in [0.717, 1.165) is 46.5 Å². The Kier molecular flexibility index (Phi) is 5.88. The molecule has 2 aromatic carbocycles. The Bertz CT molecular complexity index is 958. The molecule has 1 saturated heterocycles. The molecule has 1 aromatic heterocycles. The van der Waals surface area contributed by atoms with E-state index in [9.17, 15) is 4.79 Å². The van der Waals surface area contributed by atoms with Crippen LogP contribution >= 0.6 is 11.8 Å². The minimum absolute atomic E-state index is 0.00137. The number of benzene rings is 2. The molecule has 144 valence electrons. The molecular formula is C22H23N3O2S. The number of nitrogens with zero attached hydrogens (tertiary/aromatic N) is 2. The highest BCUT2D eigenvalue weighted by atomic mass is 32.2. The number of amides is 1. The Balaban J connectivity index is 1.53. The molecule has 0 saturated carbocycles. The van der Waals surface area contributed by atoms with Gasteiger partial charge in [-0.05, 0) is 19.8 Å². The van der Waals surface area contributed by atoms with Gasteiger partial charge in [-0.1, -0.05) is 66.4 Å². The second kappa shape index (κ2) is 8.71. The van der Waals surface area contributed by atoms with Crippen molar-refractivity contribution in [1.82, 2.24) is 15.5 Å². The number of nitrogens with one attached hydrogen (secondary N) is 1. The highest BCUT2D eigenvalue weighted by Crippen LogP contribution is 2.33. The molecule has 2 unspecified atom stereocenters. The number of carbonyl (C=O) groups excluding carboxylic acids is 1. The van der Waals surface area contributed by atoms with E-state index in [-0.39, 0.29) is 17.3 Å². The van der Waals surface area contributed by atoms with Crippen LogP contribution in [0.25, 0.3) is 22.0 Å². The predicted molar refractivity (Wildman–Crippen MR) is 112 cm³/mol. The van der Waals surface area contributed by atoms with Crippen molar-refractivity contribution in [2.75, 3.05) is 13.2 Å². The standard InChI is InChI=1S/C22H23N3O2S/c1-15(21(26)23-14-17-10-7-13-27-17)28-22-19-12-6-5-11-18(19)20(24-25-22)16-8-3-2-4-9-16/h2-6,8-9,11-12,15,17H,7,10,13-14H2,1H3,(H,23,26). The van der Waals surface area contributed by atoms with Gasteiger partial charge in [-0.3, -0.25) is 4.79 Å². The molecule has 1 amide bonds. The summed E-state index contributed by atoms with van der Waals surface area (Å²) >= 11 is 1.44. The van der Waals surface area contributed by atoms with Gasteiger partial charge < -0.3 is 10.1 Å². The summed E-state index contributed by atoms with van der Waals surface area (Å²) in [5, 5.41) is 14.5. The predicted octanol–water partition coefficient (Wildman–Crippen LogP) is 4.07. The van der Waals surface area contributed by atoms with Gasteiger partial charge in [0.1, 0.15) is 10.7 Å². The van der Waals surface area contributed by atoms with E-state index < -0.39 is 0 Å². The smallest absolute Gasteiger partial charge is 0.233 e. The third-order valence-electron chi connectivity index (χ3n) is 4.89. The van der Waals surface area contributed by atoms with E-state index >= 15 is 0 Å². The van der Waals surface area contributed by atoms with E-state index in [1.165, 1.54) is 11.8 Å². The fourth-order valence-corrected chi connectivity index (χ4v) is 4.28. The molecule has 1 fully saturated rings. The van der Waals surface area contributed by atoms with E-state index in [1.54, 1.807) is 0 Å². The molecule has 5 nitrogen and oxygen atoms in total. The van der Waals surface area contributed by atoms with Crippen LogP contribution < -0.4 is 5.32 Å². The molecule has 1 aliphatic heterocycles. The van der Waals surface area contributed by atoms with Crippen LogP contribution in [0.15, 0.2) is 59.6 Å². The van der Waals surface area contributed by atoms with Crippen LogP contribution in [0, 0.1) is 0 Å². The summed E-state index contributed by atoms with van der Waals surface area (Å²) in [6.45, 7) is 3.26. The summed E-state index contributed by atoms with van der Waals surface area (Å²) < 4.78 is 5.57. The van der Waals surface area contributed by atoms with Crippen LogP contribution in [0.2, 0.25) is 0 Å². The maximum Gasteiger partial charge on any atom is 0.233 e. The van der Waals surface area contributed by atoms with Gasteiger partial charge >= 0.3 is 0 Å². The number of ether oxygens (including phenoxy) is 1. The number of hydrogen-bond donors (Lipinski definition) is 1. The average Bonchev–Trinajstić information content (AvgIpc) is 3.26. The number of rotatable bonds is 6. The molecule has 1 aliphatic rings. The second-order valence-corrected chi connectivity index (χ2v) is 8.24. The first-order chi connectivity index (χ1) is 13.7. The van der Waals surface area contributed by atoms with Crippen molar-refractivity contribution in [3.8, 4) is 11.3 Å². The largest absolute Gasteiger partial charge is 0.376 e. The maximum atomic E-state index is 12.5. The summed E-state index contributed by atoms with van der Waals surface area (Å²) in [4.78, 5) is 12.5. The zero-order valence-corrected chi connectivity index (χ0v) is 16.6. The molecule has 2 heterocycles. The average molecular weight is 394 g/mol. The highest BCUT2D eigenvalue weighted by molar-refractivity contribution is 8.00. The Morgan fingerprint density at radius 3 is 2.64 bits per heavy atom. The SMILES string of the molecule is CC(Sc1nnc(-c2ccccc2)c2ccccc12)C(=O)NCC1CCCO1.